The Balaban J connectivity index is 2.74. The number of aliphatic hydroxyl groups is 2. The molecule has 0 unspecified atom stereocenters. The molecule has 0 atom stereocenters. The van der Waals surface area contributed by atoms with Crippen molar-refractivity contribution < 1.29 is 19.8 Å². The fraction of sp³-hybridized carbons (Fsp3) is 0.833. The maximum atomic E-state index is 11.0. The van der Waals surface area contributed by atoms with Crippen LogP contribution in [-0.4, -0.2) is 44.5 Å². The van der Waals surface area contributed by atoms with Crippen LogP contribution in [-0.2, 0) is 9.63 Å². The van der Waals surface area contributed by atoms with Crippen molar-refractivity contribution in [2.24, 2.45) is 0 Å². The molecule has 76 valence electrons. The van der Waals surface area contributed by atoms with Crippen LogP contribution in [0.15, 0.2) is 0 Å². The van der Waals surface area contributed by atoms with E-state index in [1.165, 1.54) is 14.0 Å². The van der Waals surface area contributed by atoms with Crippen LogP contribution < -0.4 is 0 Å². The molecule has 0 saturated carbocycles. The predicted molar refractivity (Wildman–Crippen MR) is 45.6 cm³/mol. The van der Waals surface area contributed by atoms with Crippen LogP contribution in [0.4, 0.5) is 0 Å². The summed E-state index contributed by atoms with van der Waals surface area (Å²) in [6, 6.07) is 0. The van der Waals surface area contributed by atoms with Crippen molar-refractivity contribution in [1.29, 1.82) is 0 Å². The number of carbonyl (C=O) groups is 1. The molecule has 0 spiro atoms. The number of hydrogen-bond acceptors (Lipinski definition) is 6. The predicted octanol–water partition coefficient (Wildman–Crippen LogP) is -0.696. The molecule has 1 heterocycles. The fourth-order valence-corrected chi connectivity index (χ4v) is 2.12. The molecule has 1 saturated heterocycles. The Morgan fingerprint density at radius 2 is 2.31 bits per heavy atom. The molecule has 6 nitrogen and oxygen atoms in total. The first-order valence-corrected chi connectivity index (χ1v) is 4.66. The highest BCUT2D eigenvalue weighted by Crippen LogP contribution is 2.33. The van der Waals surface area contributed by atoms with E-state index in [0.29, 0.717) is 5.75 Å². The van der Waals surface area contributed by atoms with E-state index >= 15 is 0 Å². The molecule has 1 rings (SSSR count). The number of carbonyl (C=O) groups excluding carboxylic acids is 1. The van der Waals surface area contributed by atoms with Crippen LogP contribution in [0.1, 0.15) is 13.3 Å². The SMILES string of the molecule is CON(C(C)=O)N1SCCC1(O)O. The Kier molecular flexibility index (Phi) is 3.14. The molecule has 13 heavy (non-hydrogen) atoms. The lowest BCUT2D eigenvalue weighted by Crippen LogP contribution is -2.51. The van der Waals surface area contributed by atoms with Gasteiger partial charge in [-0.1, -0.05) is 4.41 Å². The Labute approximate surface area is 80.1 Å². The normalized spacial score (nSPS) is 21.8. The number of hydrogen-bond donors (Lipinski definition) is 2. The first kappa shape index (κ1) is 10.7. The largest absolute Gasteiger partial charge is 0.351 e. The number of rotatable bonds is 2. The molecule has 0 bridgehead atoms. The van der Waals surface area contributed by atoms with Crippen molar-refractivity contribution >= 4 is 17.9 Å². The molecule has 7 heteroatoms. The number of hydroxylamine groups is 1. The van der Waals surface area contributed by atoms with E-state index in [9.17, 15) is 15.0 Å². The lowest BCUT2D eigenvalue weighted by atomic mass is 10.4. The first-order chi connectivity index (χ1) is 5.99. The average molecular weight is 208 g/mol. The van der Waals surface area contributed by atoms with Gasteiger partial charge < -0.3 is 10.2 Å². The third-order valence-corrected chi connectivity index (χ3v) is 2.64. The fourth-order valence-electron chi connectivity index (χ4n) is 0.997. The molecule has 0 radical (unpaired) electrons. The lowest BCUT2D eigenvalue weighted by Gasteiger charge is -2.33. The highest BCUT2D eigenvalue weighted by Gasteiger charge is 2.43. The minimum Gasteiger partial charge on any atom is -0.351 e. The van der Waals surface area contributed by atoms with Gasteiger partial charge in [-0.3, -0.25) is 9.63 Å². The molecular weight excluding hydrogens is 196 g/mol. The molecule has 1 aliphatic heterocycles. The summed E-state index contributed by atoms with van der Waals surface area (Å²) in [4.78, 5) is 15.7. The maximum Gasteiger partial charge on any atom is 0.259 e. The van der Waals surface area contributed by atoms with Crippen molar-refractivity contribution in [3.63, 3.8) is 0 Å². The third-order valence-electron chi connectivity index (χ3n) is 1.56. The van der Waals surface area contributed by atoms with Crippen LogP contribution in [0, 0.1) is 0 Å². The van der Waals surface area contributed by atoms with Gasteiger partial charge in [-0.2, -0.15) is 0 Å². The number of nitrogens with zero attached hydrogens (tertiary/aromatic N) is 2. The highest BCUT2D eigenvalue weighted by molar-refractivity contribution is 7.97. The van der Waals surface area contributed by atoms with Crippen molar-refractivity contribution in [2.45, 2.75) is 19.3 Å². The molecular formula is C6H12N2O4S. The topological polar surface area (TPSA) is 73.2 Å². The summed E-state index contributed by atoms with van der Waals surface area (Å²) < 4.78 is 1.01. The van der Waals surface area contributed by atoms with E-state index in [-0.39, 0.29) is 6.42 Å². The van der Waals surface area contributed by atoms with E-state index in [2.05, 4.69) is 0 Å². The molecule has 1 fully saturated rings. The second-order valence-electron chi connectivity index (χ2n) is 2.61. The maximum absolute atomic E-state index is 11.0. The van der Waals surface area contributed by atoms with Gasteiger partial charge in [-0.05, 0) is 11.9 Å². The summed E-state index contributed by atoms with van der Waals surface area (Å²) >= 11 is 1.12. The smallest absolute Gasteiger partial charge is 0.259 e. The van der Waals surface area contributed by atoms with E-state index < -0.39 is 11.8 Å². The number of hydrazine groups is 1. The van der Waals surface area contributed by atoms with Crippen molar-refractivity contribution in [3.8, 4) is 0 Å². The van der Waals surface area contributed by atoms with Gasteiger partial charge in [0.15, 0.2) is 0 Å². The Hall–Kier alpha value is -0.340. The molecule has 1 amide bonds. The quantitative estimate of drug-likeness (QED) is 0.355. The van der Waals surface area contributed by atoms with Gasteiger partial charge in [0.2, 0.25) is 0 Å². The van der Waals surface area contributed by atoms with Crippen molar-refractivity contribution in [1.82, 2.24) is 9.59 Å². The van der Waals surface area contributed by atoms with E-state index in [1.807, 2.05) is 0 Å². The summed E-state index contributed by atoms with van der Waals surface area (Å²) in [5, 5.41) is 19.6. The molecule has 0 aliphatic carbocycles. The Morgan fingerprint density at radius 1 is 1.69 bits per heavy atom. The molecule has 0 aromatic heterocycles. The third kappa shape index (κ3) is 2.12. The average Bonchev–Trinajstić information content (AvgIpc) is 2.32. The van der Waals surface area contributed by atoms with Crippen LogP contribution in [0.2, 0.25) is 0 Å². The van der Waals surface area contributed by atoms with Gasteiger partial charge in [-0.25, -0.2) is 0 Å². The lowest BCUT2D eigenvalue weighted by molar-refractivity contribution is -0.336. The summed E-state index contributed by atoms with van der Waals surface area (Å²) in [6.07, 6.45) is 0.171. The van der Waals surface area contributed by atoms with E-state index in [0.717, 1.165) is 21.5 Å². The van der Waals surface area contributed by atoms with Crippen molar-refractivity contribution in [2.75, 3.05) is 12.9 Å². The van der Waals surface area contributed by atoms with Crippen LogP contribution in [0.5, 0.6) is 0 Å². The molecule has 0 aromatic carbocycles. The van der Waals surface area contributed by atoms with Gasteiger partial charge in [0.1, 0.15) is 0 Å². The van der Waals surface area contributed by atoms with Gasteiger partial charge in [-0.15, -0.1) is 5.17 Å². The van der Waals surface area contributed by atoms with Gasteiger partial charge in [0.25, 0.3) is 11.8 Å². The van der Waals surface area contributed by atoms with E-state index in [1.54, 1.807) is 0 Å². The second-order valence-corrected chi connectivity index (χ2v) is 3.62. The second kappa shape index (κ2) is 3.81. The molecule has 2 N–H and O–H groups in total. The zero-order valence-corrected chi connectivity index (χ0v) is 8.24. The Morgan fingerprint density at radius 3 is 2.62 bits per heavy atom. The minimum absolute atomic E-state index is 0.171. The highest BCUT2D eigenvalue weighted by atomic mass is 32.2. The number of amides is 1. The van der Waals surface area contributed by atoms with Gasteiger partial charge in [0, 0.05) is 19.1 Å². The summed E-state index contributed by atoms with van der Waals surface area (Å²) in [7, 11) is 1.29. The van der Waals surface area contributed by atoms with E-state index in [4.69, 9.17) is 4.84 Å². The monoisotopic (exact) mass is 208 g/mol. The summed E-state index contributed by atoms with van der Waals surface area (Å²) in [5.41, 5.74) is 0. The van der Waals surface area contributed by atoms with Crippen molar-refractivity contribution in [3.05, 3.63) is 0 Å². The summed E-state index contributed by atoms with van der Waals surface area (Å²) in [6.45, 7) is 1.28. The molecule has 0 aromatic rings. The van der Waals surface area contributed by atoms with Gasteiger partial charge >= 0.3 is 0 Å². The zero-order valence-electron chi connectivity index (χ0n) is 7.43. The van der Waals surface area contributed by atoms with Crippen LogP contribution >= 0.6 is 11.9 Å². The summed E-state index contributed by atoms with van der Waals surface area (Å²) in [5.74, 6) is -1.89. The minimum atomic E-state index is -2.01. The van der Waals surface area contributed by atoms with Crippen LogP contribution in [0.25, 0.3) is 0 Å². The van der Waals surface area contributed by atoms with Crippen LogP contribution in [0.3, 0.4) is 0 Å². The standard InChI is InChI=1S/C6H12N2O4S/c1-5(9)7(12-2)8-6(10,11)3-4-13-8/h10-11H,3-4H2,1-2H3. The Bertz CT molecular complexity index is 211. The molecule has 1 aliphatic rings. The van der Waals surface area contributed by atoms with Gasteiger partial charge in [0.05, 0.1) is 7.11 Å². The zero-order chi connectivity index (χ0) is 10.1. The first-order valence-electron chi connectivity index (χ1n) is 3.71.